The van der Waals surface area contributed by atoms with Gasteiger partial charge in [0.25, 0.3) is 0 Å². The predicted octanol–water partition coefficient (Wildman–Crippen LogP) is 3.63. The number of aliphatic hydroxyl groups excluding tert-OH is 1. The molecule has 0 bridgehead atoms. The van der Waals surface area contributed by atoms with Crippen molar-refractivity contribution in [1.82, 2.24) is 5.32 Å². The average molecular weight is 276 g/mol. The highest BCUT2D eigenvalue weighted by molar-refractivity contribution is 6.33. The summed E-state index contributed by atoms with van der Waals surface area (Å²) in [6, 6.07) is 5.45. The zero-order valence-corrected chi connectivity index (χ0v) is 11.8. The molecule has 0 heterocycles. The van der Waals surface area contributed by atoms with Crippen LogP contribution in [-0.4, -0.2) is 17.3 Å². The summed E-state index contributed by atoms with van der Waals surface area (Å²) in [6.45, 7) is 5.04. The first-order chi connectivity index (χ1) is 8.00. The highest BCUT2D eigenvalue weighted by atomic mass is 35.5. The van der Waals surface area contributed by atoms with E-state index in [0.717, 1.165) is 18.4 Å². The van der Waals surface area contributed by atoms with Crippen molar-refractivity contribution < 1.29 is 5.11 Å². The number of hydrogen-bond donors (Lipinski definition) is 2. The molecule has 1 aromatic carbocycles. The first-order valence-electron chi connectivity index (χ1n) is 5.80. The van der Waals surface area contributed by atoms with Gasteiger partial charge in [-0.2, -0.15) is 0 Å². The largest absolute Gasteiger partial charge is 0.396 e. The Hall–Kier alpha value is -0.280. The molecule has 1 aromatic rings. The van der Waals surface area contributed by atoms with Gasteiger partial charge in [-0.05, 0) is 43.5 Å². The summed E-state index contributed by atoms with van der Waals surface area (Å²) in [6.07, 6.45) is 1.67. The van der Waals surface area contributed by atoms with Gasteiger partial charge in [-0.15, -0.1) is 0 Å². The smallest absolute Gasteiger partial charge is 0.0451 e. The van der Waals surface area contributed by atoms with Crippen molar-refractivity contribution in [2.75, 3.05) is 6.61 Å². The molecule has 0 amide bonds. The molecule has 0 aliphatic carbocycles. The average Bonchev–Trinajstić information content (AvgIpc) is 2.31. The normalized spacial score (nSPS) is 14.6. The fourth-order valence-electron chi connectivity index (χ4n) is 1.62. The Morgan fingerprint density at radius 2 is 2.06 bits per heavy atom. The second kappa shape index (κ2) is 6.60. The van der Waals surface area contributed by atoms with Gasteiger partial charge < -0.3 is 10.4 Å². The molecule has 0 saturated heterocycles. The molecule has 0 saturated carbocycles. The third-order valence-electron chi connectivity index (χ3n) is 3.16. The lowest BCUT2D eigenvalue weighted by Crippen LogP contribution is -2.42. The third kappa shape index (κ3) is 4.47. The molecule has 17 heavy (non-hydrogen) atoms. The van der Waals surface area contributed by atoms with Gasteiger partial charge in [0.1, 0.15) is 0 Å². The van der Waals surface area contributed by atoms with E-state index in [1.54, 1.807) is 12.1 Å². The van der Waals surface area contributed by atoms with Crippen LogP contribution < -0.4 is 5.32 Å². The number of rotatable bonds is 6. The van der Waals surface area contributed by atoms with Crippen LogP contribution in [0.2, 0.25) is 10.0 Å². The first-order valence-corrected chi connectivity index (χ1v) is 6.56. The van der Waals surface area contributed by atoms with Crippen LogP contribution in [0.5, 0.6) is 0 Å². The third-order valence-corrected chi connectivity index (χ3v) is 3.76. The van der Waals surface area contributed by atoms with Crippen LogP contribution in [0.25, 0.3) is 0 Å². The molecule has 0 radical (unpaired) electrons. The lowest BCUT2D eigenvalue weighted by molar-refractivity contribution is 0.214. The molecule has 2 nitrogen and oxygen atoms in total. The minimum absolute atomic E-state index is 0.0691. The first kappa shape index (κ1) is 14.8. The van der Waals surface area contributed by atoms with Gasteiger partial charge in [-0.3, -0.25) is 0 Å². The molecule has 96 valence electrons. The number of nitrogens with one attached hydrogen (secondary N) is 1. The Morgan fingerprint density at radius 1 is 1.35 bits per heavy atom. The maximum atomic E-state index is 9.04. The van der Waals surface area contributed by atoms with Gasteiger partial charge in [0.2, 0.25) is 0 Å². The zero-order valence-electron chi connectivity index (χ0n) is 10.3. The Bertz CT molecular complexity index is 370. The van der Waals surface area contributed by atoms with Gasteiger partial charge in [0, 0.05) is 28.7 Å². The summed E-state index contributed by atoms with van der Waals surface area (Å²) < 4.78 is 0. The second-order valence-corrected chi connectivity index (χ2v) is 5.32. The van der Waals surface area contributed by atoms with E-state index in [2.05, 4.69) is 19.2 Å². The Balaban J connectivity index is 2.68. The Morgan fingerprint density at radius 3 is 2.65 bits per heavy atom. The molecule has 1 unspecified atom stereocenters. The van der Waals surface area contributed by atoms with Crippen molar-refractivity contribution in [3.8, 4) is 0 Å². The van der Waals surface area contributed by atoms with Crippen LogP contribution in [0.4, 0.5) is 0 Å². The minimum Gasteiger partial charge on any atom is -0.396 e. The molecule has 2 N–H and O–H groups in total. The quantitative estimate of drug-likeness (QED) is 0.831. The zero-order chi connectivity index (χ0) is 12.9. The monoisotopic (exact) mass is 275 g/mol. The maximum absolute atomic E-state index is 9.04. The molecular weight excluding hydrogens is 257 g/mol. The van der Waals surface area contributed by atoms with E-state index in [1.165, 1.54) is 0 Å². The molecule has 0 aliphatic heterocycles. The van der Waals surface area contributed by atoms with Crippen LogP contribution in [0.3, 0.4) is 0 Å². The van der Waals surface area contributed by atoms with E-state index < -0.39 is 0 Å². The molecule has 0 fully saturated rings. The highest BCUT2D eigenvalue weighted by Crippen LogP contribution is 2.22. The SMILES string of the molecule is CCC(C)(CCO)NCc1cc(Cl)ccc1Cl. The molecule has 1 rings (SSSR count). The minimum atomic E-state index is -0.0691. The topological polar surface area (TPSA) is 32.3 Å². The number of aliphatic hydroxyl groups is 1. The number of halogens is 2. The van der Waals surface area contributed by atoms with E-state index >= 15 is 0 Å². The Labute approximate surface area is 113 Å². The maximum Gasteiger partial charge on any atom is 0.0451 e. The summed E-state index contributed by atoms with van der Waals surface area (Å²) in [5.41, 5.74) is 0.914. The van der Waals surface area contributed by atoms with Crippen LogP contribution in [0, 0.1) is 0 Å². The van der Waals surface area contributed by atoms with Gasteiger partial charge in [0.05, 0.1) is 0 Å². The van der Waals surface area contributed by atoms with Crippen molar-refractivity contribution in [3.05, 3.63) is 33.8 Å². The van der Waals surface area contributed by atoms with Crippen LogP contribution in [0.15, 0.2) is 18.2 Å². The van der Waals surface area contributed by atoms with Crippen LogP contribution in [0.1, 0.15) is 32.3 Å². The van der Waals surface area contributed by atoms with Gasteiger partial charge >= 0.3 is 0 Å². The van der Waals surface area contributed by atoms with E-state index in [1.807, 2.05) is 6.07 Å². The standard InChI is InChI=1S/C13H19Cl2NO/c1-3-13(2,6-7-17)16-9-10-8-11(14)4-5-12(10)15/h4-5,8,16-17H,3,6-7,9H2,1-2H3. The van der Waals surface area contributed by atoms with Crippen molar-refractivity contribution >= 4 is 23.2 Å². The molecular formula is C13H19Cl2NO. The summed E-state index contributed by atoms with van der Waals surface area (Å²) in [5.74, 6) is 0. The van der Waals surface area contributed by atoms with Crippen LogP contribution in [-0.2, 0) is 6.54 Å². The van der Waals surface area contributed by atoms with Crippen molar-refractivity contribution in [2.45, 2.75) is 38.8 Å². The van der Waals surface area contributed by atoms with E-state index in [0.29, 0.717) is 16.6 Å². The van der Waals surface area contributed by atoms with Crippen LogP contribution >= 0.6 is 23.2 Å². The highest BCUT2D eigenvalue weighted by Gasteiger charge is 2.20. The summed E-state index contributed by atoms with van der Waals surface area (Å²) >= 11 is 12.0. The van der Waals surface area contributed by atoms with Crippen molar-refractivity contribution in [1.29, 1.82) is 0 Å². The van der Waals surface area contributed by atoms with E-state index in [4.69, 9.17) is 28.3 Å². The molecule has 4 heteroatoms. The molecule has 1 atom stereocenters. The van der Waals surface area contributed by atoms with E-state index in [-0.39, 0.29) is 12.1 Å². The lowest BCUT2D eigenvalue weighted by atomic mass is 9.94. The van der Waals surface area contributed by atoms with Crippen molar-refractivity contribution in [3.63, 3.8) is 0 Å². The summed E-state index contributed by atoms with van der Waals surface area (Å²) in [5, 5.41) is 13.9. The molecule has 0 aromatic heterocycles. The molecule has 0 aliphatic rings. The summed E-state index contributed by atoms with van der Waals surface area (Å²) in [7, 11) is 0. The fourth-order valence-corrected chi connectivity index (χ4v) is 2.00. The van der Waals surface area contributed by atoms with E-state index in [9.17, 15) is 0 Å². The molecule has 0 spiro atoms. The van der Waals surface area contributed by atoms with Gasteiger partial charge in [-0.1, -0.05) is 30.1 Å². The van der Waals surface area contributed by atoms with Gasteiger partial charge in [0.15, 0.2) is 0 Å². The lowest BCUT2D eigenvalue weighted by Gasteiger charge is -2.29. The van der Waals surface area contributed by atoms with Gasteiger partial charge in [-0.25, -0.2) is 0 Å². The number of hydrogen-bond acceptors (Lipinski definition) is 2. The second-order valence-electron chi connectivity index (χ2n) is 4.48. The number of benzene rings is 1. The fraction of sp³-hybridized carbons (Fsp3) is 0.538. The van der Waals surface area contributed by atoms with Crippen molar-refractivity contribution in [2.24, 2.45) is 0 Å². The predicted molar refractivity (Wildman–Crippen MR) is 73.7 cm³/mol. The Kier molecular flexibility index (Phi) is 5.74. The summed E-state index contributed by atoms with van der Waals surface area (Å²) in [4.78, 5) is 0.